The Morgan fingerprint density at radius 3 is 2.83 bits per heavy atom. The molecule has 0 bridgehead atoms. The number of carbonyl (C=O) groups is 1. The summed E-state index contributed by atoms with van der Waals surface area (Å²) in [6.07, 6.45) is 1.07. The van der Waals surface area contributed by atoms with E-state index in [1.165, 1.54) is 0 Å². The maximum atomic E-state index is 12.0. The quantitative estimate of drug-likeness (QED) is 0.563. The molecule has 4 atom stereocenters. The van der Waals surface area contributed by atoms with Crippen LogP contribution in [0.3, 0.4) is 0 Å². The molecule has 0 aromatic rings. The monoisotopic (exact) mass is 257 g/mol. The largest absolute Gasteiger partial charge is 0.390 e. The Labute approximate surface area is 110 Å². The van der Waals surface area contributed by atoms with Gasteiger partial charge < -0.3 is 21.5 Å². The van der Waals surface area contributed by atoms with Gasteiger partial charge in [0.2, 0.25) is 5.91 Å². The zero-order valence-corrected chi connectivity index (χ0v) is 11.6. The molecule has 5 N–H and O–H groups in total. The summed E-state index contributed by atoms with van der Waals surface area (Å²) in [7, 11) is 0. The lowest BCUT2D eigenvalue weighted by Crippen LogP contribution is -2.53. The SMILES string of the molecule is CC(C)C[C@H](N)C(=O)NC1C(C)CCNCC1O. The summed E-state index contributed by atoms with van der Waals surface area (Å²) in [5, 5.41) is 16.1. The molecule has 106 valence electrons. The van der Waals surface area contributed by atoms with Gasteiger partial charge in [-0.15, -0.1) is 0 Å². The Morgan fingerprint density at radius 1 is 1.56 bits per heavy atom. The van der Waals surface area contributed by atoms with Gasteiger partial charge in [0, 0.05) is 6.54 Å². The van der Waals surface area contributed by atoms with Crippen LogP contribution >= 0.6 is 0 Å². The highest BCUT2D eigenvalue weighted by Crippen LogP contribution is 2.15. The zero-order chi connectivity index (χ0) is 13.7. The van der Waals surface area contributed by atoms with Crippen molar-refractivity contribution in [1.82, 2.24) is 10.6 Å². The normalized spacial score (nSPS) is 30.9. The number of carbonyl (C=O) groups excluding carboxylic acids is 1. The average Bonchev–Trinajstić information content (AvgIpc) is 2.43. The van der Waals surface area contributed by atoms with Crippen molar-refractivity contribution < 1.29 is 9.90 Å². The van der Waals surface area contributed by atoms with E-state index in [1.807, 2.05) is 13.8 Å². The number of aliphatic hydroxyl groups is 1. The van der Waals surface area contributed by atoms with Crippen molar-refractivity contribution in [2.75, 3.05) is 13.1 Å². The molecule has 5 nitrogen and oxygen atoms in total. The fourth-order valence-corrected chi connectivity index (χ4v) is 2.39. The molecule has 1 saturated heterocycles. The van der Waals surface area contributed by atoms with Crippen LogP contribution in [-0.4, -0.2) is 42.3 Å². The van der Waals surface area contributed by atoms with E-state index in [-0.39, 0.29) is 17.9 Å². The minimum Gasteiger partial charge on any atom is -0.390 e. The Bertz CT molecular complexity index is 259. The van der Waals surface area contributed by atoms with Gasteiger partial charge in [0.15, 0.2) is 0 Å². The molecule has 0 saturated carbocycles. The first-order valence-corrected chi connectivity index (χ1v) is 6.86. The van der Waals surface area contributed by atoms with E-state index in [1.54, 1.807) is 0 Å². The molecule has 18 heavy (non-hydrogen) atoms. The molecule has 0 spiro atoms. The number of nitrogens with two attached hydrogens (primary N) is 1. The Kier molecular flexibility index (Phi) is 6.05. The predicted molar refractivity (Wildman–Crippen MR) is 72.0 cm³/mol. The van der Waals surface area contributed by atoms with E-state index in [0.717, 1.165) is 13.0 Å². The van der Waals surface area contributed by atoms with Crippen molar-refractivity contribution in [2.45, 2.75) is 51.8 Å². The zero-order valence-electron chi connectivity index (χ0n) is 11.6. The van der Waals surface area contributed by atoms with E-state index in [9.17, 15) is 9.90 Å². The van der Waals surface area contributed by atoms with Crippen molar-refractivity contribution >= 4 is 5.91 Å². The van der Waals surface area contributed by atoms with Crippen LogP contribution in [-0.2, 0) is 4.79 Å². The number of aliphatic hydroxyl groups excluding tert-OH is 1. The third-order valence-electron chi connectivity index (χ3n) is 3.53. The second-order valence-corrected chi connectivity index (χ2v) is 5.81. The molecule has 5 heteroatoms. The minimum absolute atomic E-state index is 0.151. The van der Waals surface area contributed by atoms with Gasteiger partial charge in [0.25, 0.3) is 0 Å². The van der Waals surface area contributed by atoms with E-state index in [4.69, 9.17) is 5.73 Å². The van der Waals surface area contributed by atoms with Gasteiger partial charge in [0.1, 0.15) is 0 Å². The van der Waals surface area contributed by atoms with Gasteiger partial charge in [-0.3, -0.25) is 4.79 Å². The Hall–Kier alpha value is -0.650. The molecule has 1 heterocycles. The van der Waals surface area contributed by atoms with Gasteiger partial charge in [-0.25, -0.2) is 0 Å². The van der Waals surface area contributed by atoms with E-state index in [2.05, 4.69) is 17.6 Å². The van der Waals surface area contributed by atoms with Crippen LogP contribution in [0.1, 0.15) is 33.6 Å². The summed E-state index contributed by atoms with van der Waals surface area (Å²) in [6.45, 7) is 7.53. The van der Waals surface area contributed by atoms with Gasteiger partial charge in [-0.05, 0) is 31.2 Å². The van der Waals surface area contributed by atoms with Gasteiger partial charge in [-0.2, -0.15) is 0 Å². The van der Waals surface area contributed by atoms with Crippen molar-refractivity contribution in [2.24, 2.45) is 17.6 Å². The first kappa shape index (κ1) is 15.4. The lowest BCUT2D eigenvalue weighted by atomic mass is 9.94. The fourth-order valence-electron chi connectivity index (χ4n) is 2.39. The molecule has 1 aliphatic rings. The van der Waals surface area contributed by atoms with Crippen LogP contribution in [0.15, 0.2) is 0 Å². The first-order chi connectivity index (χ1) is 8.41. The molecular formula is C13H27N3O2. The Morgan fingerprint density at radius 2 is 2.22 bits per heavy atom. The molecule has 1 fully saturated rings. The summed E-state index contributed by atoms with van der Waals surface area (Å²) >= 11 is 0. The molecule has 0 aromatic carbocycles. The minimum atomic E-state index is -0.544. The van der Waals surface area contributed by atoms with E-state index < -0.39 is 12.1 Å². The summed E-state index contributed by atoms with van der Waals surface area (Å²) in [4.78, 5) is 12.0. The van der Waals surface area contributed by atoms with Gasteiger partial charge in [-0.1, -0.05) is 20.8 Å². The topological polar surface area (TPSA) is 87.4 Å². The smallest absolute Gasteiger partial charge is 0.237 e. The lowest BCUT2D eigenvalue weighted by Gasteiger charge is -2.28. The first-order valence-electron chi connectivity index (χ1n) is 6.86. The lowest BCUT2D eigenvalue weighted by molar-refractivity contribution is -0.124. The van der Waals surface area contributed by atoms with Crippen LogP contribution in [0, 0.1) is 11.8 Å². The standard InChI is InChI=1S/C13H27N3O2/c1-8(2)6-10(14)13(18)16-12-9(3)4-5-15-7-11(12)17/h8-12,15,17H,4-7,14H2,1-3H3,(H,16,18)/t9?,10-,11?,12?/m0/s1. The highest BCUT2D eigenvalue weighted by Gasteiger charge is 2.30. The maximum Gasteiger partial charge on any atom is 0.237 e. The van der Waals surface area contributed by atoms with Crippen LogP contribution in [0.25, 0.3) is 0 Å². The number of hydrogen-bond acceptors (Lipinski definition) is 4. The maximum absolute atomic E-state index is 12.0. The van der Waals surface area contributed by atoms with Crippen molar-refractivity contribution in [3.8, 4) is 0 Å². The van der Waals surface area contributed by atoms with E-state index >= 15 is 0 Å². The summed E-state index contributed by atoms with van der Waals surface area (Å²) < 4.78 is 0. The Balaban J connectivity index is 2.55. The number of β-amino-alcohol motifs (C(OH)–C–C–N with tert-alkyl or cyclic N) is 1. The molecule has 1 amide bonds. The van der Waals surface area contributed by atoms with E-state index in [0.29, 0.717) is 18.9 Å². The molecular weight excluding hydrogens is 230 g/mol. The highest BCUT2D eigenvalue weighted by molar-refractivity contribution is 5.81. The second-order valence-electron chi connectivity index (χ2n) is 5.81. The highest BCUT2D eigenvalue weighted by atomic mass is 16.3. The van der Waals surface area contributed by atoms with Crippen LogP contribution in [0.2, 0.25) is 0 Å². The fraction of sp³-hybridized carbons (Fsp3) is 0.923. The molecule has 0 radical (unpaired) electrons. The number of amides is 1. The van der Waals surface area contributed by atoms with Crippen LogP contribution in [0.5, 0.6) is 0 Å². The number of nitrogens with one attached hydrogen (secondary N) is 2. The molecule has 1 rings (SSSR count). The number of rotatable bonds is 4. The van der Waals surface area contributed by atoms with Gasteiger partial charge in [0.05, 0.1) is 18.2 Å². The third kappa shape index (κ3) is 4.55. The summed E-state index contributed by atoms with van der Waals surface area (Å²) in [5.74, 6) is 0.496. The molecule has 3 unspecified atom stereocenters. The van der Waals surface area contributed by atoms with Crippen molar-refractivity contribution in [1.29, 1.82) is 0 Å². The number of hydrogen-bond donors (Lipinski definition) is 4. The average molecular weight is 257 g/mol. The van der Waals surface area contributed by atoms with Gasteiger partial charge >= 0.3 is 0 Å². The third-order valence-corrected chi connectivity index (χ3v) is 3.53. The summed E-state index contributed by atoms with van der Waals surface area (Å²) in [6, 6.07) is -0.689. The molecule has 0 aliphatic carbocycles. The van der Waals surface area contributed by atoms with Crippen LogP contribution < -0.4 is 16.4 Å². The predicted octanol–water partition coefficient (Wildman–Crippen LogP) is -0.165. The summed E-state index contributed by atoms with van der Waals surface area (Å²) in [5.41, 5.74) is 5.86. The van der Waals surface area contributed by atoms with Crippen molar-refractivity contribution in [3.05, 3.63) is 0 Å². The molecule has 1 aliphatic heterocycles. The second kappa shape index (κ2) is 7.07. The van der Waals surface area contributed by atoms with Crippen molar-refractivity contribution in [3.63, 3.8) is 0 Å². The molecule has 0 aromatic heterocycles. The van der Waals surface area contributed by atoms with Crippen LogP contribution in [0.4, 0.5) is 0 Å².